The number of nitrogens with zero attached hydrogens (tertiary/aromatic N) is 1. The molecule has 1 heterocycles. The van der Waals surface area contributed by atoms with Crippen molar-refractivity contribution >= 4 is 41.3 Å². The van der Waals surface area contributed by atoms with Crippen LogP contribution in [0.3, 0.4) is 0 Å². The maximum Gasteiger partial charge on any atom is 0.191 e. The van der Waals surface area contributed by atoms with Gasteiger partial charge in [0.15, 0.2) is 5.96 Å². The zero-order valence-corrected chi connectivity index (χ0v) is 17.5. The Morgan fingerprint density at radius 1 is 1.17 bits per heavy atom. The van der Waals surface area contributed by atoms with E-state index in [-0.39, 0.29) is 35.1 Å². The lowest BCUT2D eigenvalue weighted by Crippen LogP contribution is -2.43. The fourth-order valence-corrected chi connectivity index (χ4v) is 3.02. The zero-order valence-electron chi connectivity index (χ0n) is 14.4. The van der Waals surface area contributed by atoms with Gasteiger partial charge in [0.2, 0.25) is 0 Å². The molecule has 0 aliphatic heterocycles. The first-order valence-corrected chi connectivity index (χ1v) is 8.73. The first-order valence-electron chi connectivity index (χ1n) is 7.85. The van der Waals surface area contributed by atoms with E-state index in [4.69, 9.17) is 0 Å². The summed E-state index contributed by atoms with van der Waals surface area (Å²) in [5.74, 6) is 1.09. The van der Waals surface area contributed by atoms with Crippen LogP contribution >= 0.6 is 35.3 Å². The van der Waals surface area contributed by atoms with Crippen LogP contribution in [-0.2, 0) is 12.0 Å². The molecule has 0 saturated heterocycles. The third kappa shape index (κ3) is 6.32. The largest absolute Gasteiger partial charge is 0.508 e. The Kier molecular flexibility index (Phi) is 8.55. The minimum Gasteiger partial charge on any atom is -0.508 e. The van der Waals surface area contributed by atoms with E-state index in [0.717, 1.165) is 24.6 Å². The molecule has 0 bridgehead atoms. The highest BCUT2D eigenvalue weighted by atomic mass is 127. The van der Waals surface area contributed by atoms with Gasteiger partial charge < -0.3 is 15.7 Å². The molecule has 0 atom stereocenters. The Bertz CT molecular complexity index is 624. The third-order valence-electron chi connectivity index (χ3n) is 3.59. The summed E-state index contributed by atoms with van der Waals surface area (Å²) < 4.78 is 0. The van der Waals surface area contributed by atoms with Crippen LogP contribution in [-0.4, -0.2) is 24.2 Å². The normalized spacial score (nSPS) is 11.7. The standard InChI is InChI=1S/C18H25N3OS.HI/c1-4-19-17(20-12-14-7-9-15(22)10-8-14)21-13-18(2,3)16-6-5-11-23-16;/h5-11,22H,4,12-13H2,1-3H3,(H2,19,20,21);1H. The molecule has 0 unspecified atom stereocenters. The number of guanidine groups is 1. The first-order chi connectivity index (χ1) is 11.0. The van der Waals surface area contributed by atoms with E-state index >= 15 is 0 Å². The van der Waals surface area contributed by atoms with Gasteiger partial charge in [-0.05, 0) is 36.1 Å². The third-order valence-corrected chi connectivity index (χ3v) is 4.82. The molecule has 4 nitrogen and oxygen atoms in total. The molecule has 1 aromatic carbocycles. The van der Waals surface area contributed by atoms with Crippen LogP contribution in [0.2, 0.25) is 0 Å². The summed E-state index contributed by atoms with van der Waals surface area (Å²) in [6.45, 7) is 8.73. The number of thiophene rings is 1. The Labute approximate surface area is 165 Å². The summed E-state index contributed by atoms with van der Waals surface area (Å²) in [7, 11) is 0. The number of aromatic hydroxyl groups is 1. The number of nitrogens with one attached hydrogen (secondary N) is 2. The molecule has 3 N–H and O–H groups in total. The van der Waals surface area contributed by atoms with Crippen molar-refractivity contribution in [3.8, 4) is 5.75 Å². The highest BCUT2D eigenvalue weighted by molar-refractivity contribution is 14.0. The molecule has 0 aliphatic carbocycles. The number of phenolic OH excluding ortho intramolecular Hbond substituents is 1. The summed E-state index contributed by atoms with van der Waals surface area (Å²) in [6, 6.07) is 11.4. The number of phenols is 1. The minimum atomic E-state index is 0. The van der Waals surface area contributed by atoms with Crippen LogP contribution in [0.4, 0.5) is 0 Å². The predicted octanol–water partition coefficient (Wildman–Crippen LogP) is 4.10. The van der Waals surface area contributed by atoms with E-state index < -0.39 is 0 Å². The molecule has 2 rings (SSSR count). The fourth-order valence-electron chi connectivity index (χ4n) is 2.17. The van der Waals surface area contributed by atoms with Crippen molar-refractivity contribution in [2.45, 2.75) is 32.7 Å². The Morgan fingerprint density at radius 2 is 1.88 bits per heavy atom. The number of benzene rings is 1. The smallest absolute Gasteiger partial charge is 0.191 e. The molecule has 0 saturated carbocycles. The van der Waals surface area contributed by atoms with Crippen molar-refractivity contribution in [2.75, 3.05) is 13.1 Å². The molecule has 1 aromatic heterocycles. The van der Waals surface area contributed by atoms with Crippen molar-refractivity contribution in [2.24, 2.45) is 4.99 Å². The average Bonchev–Trinajstić information content (AvgIpc) is 3.07. The molecule has 0 amide bonds. The van der Waals surface area contributed by atoms with Crippen LogP contribution in [0, 0.1) is 0 Å². The summed E-state index contributed by atoms with van der Waals surface area (Å²) in [5.41, 5.74) is 1.13. The second kappa shape index (κ2) is 9.88. The van der Waals surface area contributed by atoms with E-state index in [1.54, 1.807) is 23.5 Å². The molecule has 0 aliphatic rings. The van der Waals surface area contributed by atoms with Gasteiger partial charge in [0, 0.05) is 23.4 Å². The van der Waals surface area contributed by atoms with Crippen LogP contribution in [0.5, 0.6) is 5.75 Å². The molecule has 132 valence electrons. The number of hydrogen-bond acceptors (Lipinski definition) is 3. The number of rotatable bonds is 6. The van der Waals surface area contributed by atoms with E-state index in [9.17, 15) is 5.11 Å². The summed E-state index contributed by atoms with van der Waals surface area (Å²) in [6.07, 6.45) is 0. The van der Waals surface area contributed by atoms with Gasteiger partial charge in [-0.1, -0.05) is 32.0 Å². The molecule has 24 heavy (non-hydrogen) atoms. The summed E-state index contributed by atoms with van der Waals surface area (Å²) >= 11 is 1.78. The van der Waals surface area contributed by atoms with E-state index in [0.29, 0.717) is 6.54 Å². The van der Waals surface area contributed by atoms with E-state index in [2.05, 4.69) is 53.9 Å². The number of aliphatic imine (C=N–C) groups is 1. The first kappa shape index (κ1) is 20.8. The topological polar surface area (TPSA) is 56.7 Å². The SMILES string of the molecule is CCNC(=NCc1ccc(O)cc1)NCC(C)(C)c1cccs1.I. The van der Waals surface area contributed by atoms with Crippen LogP contribution in [0.25, 0.3) is 0 Å². The average molecular weight is 459 g/mol. The van der Waals surface area contributed by atoms with Crippen LogP contribution in [0.15, 0.2) is 46.8 Å². The molecule has 2 aromatic rings. The summed E-state index contributed by atoms with van der Waals surface area (Å²) in [4.78, 5) is 5.97. The Hall–Kier alpha value is -1.28. The van der Waals surface area contributed by atoms with Crippen molar-refractivity contribution in [1.29, 1.82) is 0 Å². The van der Waals surface area contributed by atoms with E-state index in [1.807, 2.05) is 12.1 Å². The maximum atomic E-state index is 9.32. The van der Waals surface area contributed by atoms with Crippen molar-refractivity contribution in [1.82, 2.24) is 10.6 Å². The Morgan fingerprint density at radius 3 is 2.46 bits per heavy atom. The van der Waals surface area contributed by atoms with Crippen LogP contribution in [0.1, 0.15) is 31.2 Å². The predicted molar refractivity (Wildman–Crippen MR) is 114 cm³/mol. The van der Waals surface area contributed by atoms with Gasteiger partial charge in [-0.15, -0.1) is 35.3 Å². The van der Waals surface area contributed by atoms with Crippen molar-refractivity contribution in [3.63, 3.8) is 0 Å². The molecular formula is C18H26IN3OS. The fraction of sp³-hybridized carbons (Fsp3) is 0.389. The summed E-state index contributed by atoms with van der Waals surface area (Å²) in [5, 5.41) is 18.1. The highest BCUT2D eigenvalue weighted by Crippen LogP contribution is 2.26. The lowest BCUT2D eigenvalue weighted by atomic mass is 9.91. The lowest BCUT2D eigenvalue weighted by molar-refractivity contribution is 0.475. The quantitative estimate of drug-likeness (QED) is 0.346. The minimum absolute atomic E-state index is 0. The van der Waals surface area contributed by atoms with Gasteiger partial charge in [0.25, 0.3) is 0 Å². The number of hydrogen-bond donors (Lipinski definition) is 3. The van der Waals surface area contributed by atoms with Gasteiger partial charge in [0.1, 0.15) is 5.75 Å². The van der Waals surface area contributed by atoms with Crippen molar-refractivity contribution in [3.05, 3.63) is 52.2 Å². The molecule has 0 spiro atoms. The highest BCUT2D eigenvalue weighted by Gasteiger charge is 2.21. The molecular weight excluding hydrogens is 433 g/mol. The molecule has 0 radical (unpaired) electrons. The van der Waals surface area contributed by atoms with Gasteiger partial charge >= 0.3 is 0 Å². The second-order valence-electron chi connectivity index (χ2n) is 6.08. The molecule has 6 heteroatoms. The van der Waals surface area contributed by atoms with Gasteiger partial charge in [-0.25, -0.2) is 4.99 Å². The van der Waals surface area contributed by atoms with Gasteiger partial charge in [-0.3, -0.25) is 0 Å². The van der Waals surface area contributed by atoms with Crippen molar-refractivity contribution < 1.29 is 5.11 Å². The monoisotopic (exact) mass is 459 g/mol. The molecule has 0 fully saturated rings. The van der Waals surface area contributed by atoms with Gasteiger partial charge in [0.05, 0.1) is 6.54 Å². The van der Waals surface area contributed by atoms with E-state index in [1.165, 1.54) is 4.88 Å². The zero-order chi connectivity index (χ0) is 16.7. The maximum absolute atomic E-state index is 9.32. The van der Waals surface area contributed by atoms with Gasteiger partial charge in [-0.2, -0.15) is 0 Å². The number of halogens is 1. The van der Waals surface area contributed by atoms with Crippen LogP contribution < -0.4 is 10.6 Å². The Balaban J connectivity index is 0.00000288. The second-order valence-corrected chi connectivity index (χ2v) is 7.02. The lowest BCUT2D eigenvalue weighted by Gasteiger charge is -2.25.